The predicted octanol–water partition coefficient (Wildman–Crippen LogP) is 2.72. The Morgan fingerprint density at radius 3 is 2.70 bits per heavy atom. The molecule has 0 N–H and O–H groups in total. The van der Waals surface area contributed by atoms with E-state index < -0.39 is 11.9 Å². The lowest BCUT2D eigenvalue weighted by molar-refractivity contribution is -0.149. The Kier molecular flexibility index (Phi) is 5.11. The Balaban J connectivity index is 1.46. The maximum atomic E-state index is 12.6. The molecule has 1 amide bonds. The van der Waals surface area contributed by atoms with Gasteiger partial charge in [-0.25, -0.2) is 4.98 Å². The number of hydrogen-bond acceptors (Lipinski definition) is 5. The van der Waals surface area contributed by atoms with Gasteiger partial charge >= 0.3 is 5.97 Å². The number of rotatable bonds is 4. The second-order valence-corrected chi connectivity index (χ2v) is 7.68. The molecule has 0 aliphatic carbocycles. The third kappa shape index (κ3) is 3.58. The first kappa shape index (κ1) is 19.8. The van der Waals surface area contributed by atoms with Crippen LogP contribution in [0.3, 0.4) is 0 Å². The first-order valence-corrected chi connectivity index (χ1v) is 9.86. The maximum Gasteiger partial charge on any atom is 0.311 e. The molecule has 30 heavy (non-hydrogen) atoms. The molecular formula is C23H23N3O4. The molecule has 0 spiro atoms. The van der Waals surface area contributed by atoms with E-state index in [2.05, 4.69) is 4.98 Å². The van der Waals surface area contributed by atoms with E-state index in [4.69, 9.17) is 4.74 Å². The molecule has 1 aliphatic heterocycles. The van der Waals surface area contributed by atoms with Crippen molar-refractivity contribution in [3.05, 3.63) is 75.3 Å². The minimum Gasteiger partial charge on any atom is -0.459 e. The number of fused-ring (bicyclic) bond motifs is 1. The highest BCUT2D eigenvalue weighted by molar-refractivity contribution is 6.00. The normalized spacial score (nSPS) is 16.3. The molecule has 1 aromatic carbocycles. The van der Waals surface area contributed by atoms with Gasteiger partial charge in [0.05, 0.1) is 11.6 Å². The Hall–Kier alpha value is -3.48. The number of amides is 1. The van der Waals surface area contributed by atoms with Crippen LogP contribution in [0.15, 0.2) is 47.3 Å². The summed E-state index contributed by atoms with van der Waals surface area (Å²) in [5, 5.41) is 0. The average molecular weight is 405 g/mol. The Labute approximate surface area is 173 Å². The number of pyridine rings is 1. The van der Waals surface area contributed by atoms with E-state index in [9.17, 15) is 14.4 Å². The summed E-state index contributed by atoms with van der Waals surface area (Å²) in [7, 11) is 0. The number of carbonyl (C=O) groups is 2. The van der Waals surface area contributed by atoms with E-state index in [0.717, 1.165) is 22.5 Å². The van der Waals surface area contributed by atoms with Crippen LogP contribution in [0.4, 0.5) is 5.69 Å². The third-order valence-electron chi connectivity index (χ3n) is 5.62. The van der Waals surface area contributed by atoms with Crippen molar-refractivity contribution >= 4 is 23.2 Å². The lowest BCUT2D eigenvalue weighted by atomic mass is 10.1. The molecule has 3 aromatic rings. The van der Waals surface area contributed by atoms with Crippen LogP contribution in [-0.4, -0.2) is 27.8 Å². The molecule has 0 bridgehead atoms. The SMILES string of the molecule is Cc1cccc(N2C[C@H](C(=O)OCc3cc(=O)n4c(C)cccc4n3)CC2=O)c1C. The van der Waals surface area contributed by atoms with Crippen molar-refractivity contribution in [1.29, 1.82) is 0 Å². The molecule has 0 saturated carbocycles. The fourth-order valence-corrected chi connectivity index (χ4v) is 3.83. The topological polar surface area (TPSA) is 81.0 Å². The van der Waals surface area contributed by atoms with E-state index >= 15 is 0 Å². The summed E-state index contributed by atoms with van der Waals surface area (Å²) in [5.74, 6) is -1.09. The van der Waals surface area contributed by atoms with E-state index in [1.54, 1.807) is 11.0 Å². The fraction of sp³-hybridized carbons (Fsp3) is 0.304. The molecule has 1 saturated heterocycles. The zero-order chi connectivity index (χ0) is 21.4. The highest BCUT2D eigenvalue weighted by Gasteiger charge is 2.36. The van der Waals surface area contributed by atoms with E-state index in [1.807, 2.05) is 51.1 Å². The van der Waals surface area contributed by atoms with Crippen LogP contribution in [0.2, 0.25) is 0 Å². The van der Waals surface area contributed by atoms with Crippen LogP contribution in [0.1, 0.15) is 28.9 Å². The first-order chi connectivity index (χ1) is 14.3. The van der Waals surface area contributed by atoms with Gasteiger partial charge in [-0.05, 0) is 50.1 Å². The molecule has 3 heterocycles. The number of esters is 1. The van der Waals surface area contributed by atoms with Gasteiger partial charge in [-0.2, -0.15) is 0 Å². The minimum absolute atomic E-state index is 0.0943. The quantitative estimate of drug-likeness (QED) is 0.624. The van der Waals surface area contributed by atoms with Gasteiger partial charge in [0.2, 0.25) is 5.91 Å². The van der Waals surface area contributed by atoms with Crippen LogP contribution < -0.4 is 10.5 Å². The van der Waals surface area contributed by atoms with E-state index in [1.165, 1.54) is 10.5 Å². The highest BCUT2D eigenvalue weighted by Crippen LogP contribution is 2.30. The predicted molar refractivity (Wildman–Crippen MR) is 112 cm³/mol. The zero-order valence-corrected chi connectivity index (χ0v) is 17.2. The van der Waals surface area contributed by atoms with Crippen molar-refractivity contribution in [2.75, 3.05) is 11.4 Å². The molecule has 154 valence electrons. The number of ether oxygens (including phenoxy) is 1. The lowest BCUT2D eigenvalue weighted by Gasteiger charge is -2.20. The van der Waals surface area contributed by atoms with E-state index in [-0.39, 0.29) is 31.0 Å². The van der Waals surface area contributed by atoms with Crippen LogP contribution in [0, 0.1) is 26.7 Å². The van der Waals surface area contributed by atoms with Gasteiger partial charge < -0.3 is 9.64 Å². The van der Waals surface area contributed by atoms with Crippen LogP contribution in [-0.2, 0) is 20.9 Å². The number of carbonyl (C=O) groups excluding carboxylic acids is 2. The second kappa shape index (κ2) is 7.74. The summed E-state index contributed by atoms with van der Waals surface area (Å²) in [5.41, 5.74) is 4.40. The van der Waals surface area contributed by atoms with Crippen molar-refractivity contribution in [2.45, 2.75) is 33.8 Å². The monoisotopic (exact) mass is 405 g/mol. The molecular weight excluding hydrogens is 382 g/mol. The van der Waals surface area contributed by atoms with Gasteiger partial charge in [-0.15, -0.1) is 0 Å². The molecule has 7 heteroatoms. The number of anilines is 1. The summed E-state index contributed by atoms with van der Waals surface area (Å²) < 4.78 is 6.91. The van der Waals surface area contributed by atoms with Crippen molar-refractivity contribution in [1.82, 2.24) is 9.38 Å². The molecule has 1 atom stereocenters. The van der Waals surface area contributed by atoms with Gasteiger partial charge in [0.25, 0.3) is 5.56 Å². The standard InChI is InChI=1S/C23H23N3O4/c1-14-6-4-8-19(16(14)3)25-12-17(10-21(25)27)23(29)30-13-18-11-22(28)26-15(2)7-5-9-20(26)24-18/h4-9,11,17H,10,12-13H2,1-3H3/t17-/m1/s1. The summed E-state index contributed by atoms with van der Waals surface area (Å²) in [6.45, 7) is 5.97. The maximum absolute atomic E-state index is 12.6. The van der Waals surface area contributed by atoms with Crippen LogP contribution in [0.25, 0.3) is 5.65 Å². The number of aromatic nitrogens is 2. The van der Waals surface area contributed by atoms with E-state index in [0.29, 0.717) is 11.3 Å². The van der Waals surface area contributed by atoms with Crippen molar-refractivity contribution in [3.8, 4) is 0 Å². The molecule has 1 fully saturated rings. The third-order valence-corrected chi connectivity index (χ3v) is 5.62. The number of aryl methyl sites for hydroxylation is 2. The summed E-state index contributed by atoms with van der Waals surface area (Å²) >= 11 is 0. The highest BCUT2D eigenvalue weighted by atomic mass is 16.5. The smallest absolute Gasteiger partial charge is 0.311 e. The lowest BCUT2D eigenvalue weighted by Crippen LogP contribution is -2.27. The largest absolute Gasteiger partial charge is 0.459 e. The molecule has 7 nitrogen and oxygen atoms in total. The summed E-state index contributed by atoms with van der Waals surface area (Å²) in [4.78, 5) is 43.5. The van der Waals surface area contributed by atoms with Gasteiger partial charge in [-0.3, -0.25) is 18.8 Å². The second-order valence-electron chi connectivity index (χ2n) is 7.68. The Morgan fingerprint density at radius 2 is 1.90 bits per heavy atom. The summed E-state index contributed by atoms with van der Waals surface area (Å²) in [6.07, 6.45) is 0.110. The molecule has 0 radical (unpaired) electrons. The van der Waals surface area contributed by atoms with Crippen molar-refractivity contribution < 1.29 is 14.3 Å². The summed E-state index contributed by atoms with van der Waals surface area (Å²) in [6, 6.07) is 12.5. The number of nitrogens with zero attached hydrogens (tertiary/aromatic N) is 3. The van der Waals surface area contributed by atoms with Crippen LogP contribution in [0.5, 0.6) is 0 Å². The van der Waals surface area contributed by atoms with Gasteiger partial charge in [0.15, 0.2) is 0 Å². The Bertz CT molecular complexity index is 1210. The zero-order valence-electron chi connectivity index (χ0n) is 17.2. The van der Waals surface area contributed by atoms with Gasteiger partial charge in [0, 0.05) is 30.4 Å². The number of benzene rings is 1. The molecule has 0 unspecified atom stereocenters. The molecule has 1 aliphatic rings. The first-order valence-electron chi connectivity index (χ1n) is 9.86. The van der Waals surface area contributed by atoms with Gasteiger partial charge in [-0.1, -0.05) is 18.2 Å². The van der Waals surface area contributed by atoms with Crippen LogP contribution >= 0.6 is 0 Å². The van der Waals surface area contributed by atoms with Crippen molar-refractivity contribution in [2.24, 2.45) is 5.92 Å². The molecule has 2 aromatic heterocycles. The molecule has 4 rings (SSSR count). The number of hydrogen-bond donors (Lipinski definition) is 0. The fourth-order valence-electron chi connectivity index (χ4n) is 3.83. The average Bonchev–Trinajstić information content (AvgIpc) is 3.09. The van der Waals surface area contributed by atoms with Crippen molar-refractivity contribution in [3.63, 3.8) is 0 Å². The minimum atomic E-state index is -0.541. The Morgan fingerprint density at radius 1 is 1.13 bits per heavy atom. The van der Waals surface area contributed by atoms with Gasteiger partial charge in [0.1, 0.15) is 12.3 Å².